The lowest BCUT2D eigenvalue weighted by atomic mass is 10.0. The van der Waals surface area contributed by atoms with Gasteiger partial charge in [-0.05, 0) is 52.6 Å². The lowest BCUT2D eigenvalue weighted by Gasteiger charge is -2.10. The molecule has 0 saturated heterocycles. The maximum absolute atomic E-state index is 12.8. The van der Waals surface area contributed by atoms with Crippen molar-refractivity contribution in [3.05, 3.63) is 89.5 Å². The van der Waals surface area contributed by atoms with Crippen LogP contribution < -0.4 is 10.6 Å². The second-order valence-electron chi connectivity index (χ2n) is 6.72. The Hall–Kier alpha value is -3.99. The molecule has 0 aliphatic carbocycles. The number of benzene rings is 4. The molecule has 5 heteroatoms. The van der Waals surface area contributed by atoms with Crippen LogP contribution in [0.1, 0.15) is 31.1 Å². The van der Waals surface area contributed by atoms with Gasteiger partial charge in [-0.3, -0.25) is 19.7 Å². The number of rotatable bonds is 2. The van der Waals surface area contributed by atoms with E-state index < -0.39 is 11.8 Å². The van der Waals surface area contributed by atoms with E-state index in [0.29, 0.717) is 11.3 Å². The first-order chi connectivity index (χ1) is 13.6. The summed E-state index contributed by atoms with van der Waals surface area (Å²) in [4.78, 5) is 36.3. The third-order valence-corrected chi connectivity index (χ3v) is 4.99. The third kappa shape index (κ3) is 2.53. The van der Waals surface area contributed by atoms with Crippen LogP contribution in [0, 0.1) is 0 Å². The van der Waals surface area contributed by atoms with Gasteiger partial charge in [0.1, 0.15) is 0 Å². The number of nitrogens with one attached hydrogen (secondary N) is 2. The van der Waals surface area contributed by atoms with Crippen LogP contribution in [0.3, 0.4) is 0 Å². The molecule has 4 aromatic rings. The maximum Gasteiger partial charge on any atom is 0.258 e. The molecule has 0 bridgehead atoms. The second-order valence-corrected chi connectivity index (χ2v) is 6.72. The van der Waals surface area contributed by atoms with Crippen molar-refractivity contribution in [3.8, 4) is 0 Å². The van der Waals surface area contributed by atoms with Gasteiger partial charge in [-0.2, -0.15) is 0 Å². The fourth-order valence-corrected chi connectivity index (χ4v) is 3.58. The Kier molecular flexibility index (Phi) is 3.49. The molecule has 134 valence electrons. The maximum atomic E-state index is 12.8. The van der Waals surface area contributed by atoms with Crippen molar-refractivity contribution in [3.63, 3.8) is 0 Å². The van der Waals surface area contributed by atoms with E-state index in [-0.39, 0.29) is 17.0 Å². The topological polar surface area (TPSA) is 75.3 Å². The molecule has 1 heterocycles. The van der Waals surface area contributed by atoms with Gasteiger partial charge < -0.3 is 5.32 Å². The Labute approximate surface area is 160 Å². The van der Waals surface area contributed by atoms with E-state index in [4.69, 9.17) is 0 Å². The Morgan fingerprint density at radius 1 is 0.714 bits per heavy atom. The van der Waals surface area contributed by atoms with Gasteiger partial charge in [-0.25, -0.2) is 0 Å². The summed E-state index contributed by atoms with van der Waals surface area (Å²) in [6.45, 7) is 0. The van der Waals surface area contributed by atoms with Crippen molar-refractivity contribution in [2.75, 3.05) is 5.32 Å². The zero-order valence-electron chi connectivity index (χ0n) is 14.7. The Morgan fingerprint density at radius 2 is 1.43 bits per heavy atom. The zero-order valence-corrected chi connectivity index (χ0v) is 14.7. The highest BCUT2D eigenvalue weighted by Crippen LogP contribution is 2.29. The molecule has 0 saturated carbocycles. The summed E-state index contributed by atoms with van der Waals surface area (Å²) >= 11 is 0. The standard InChI is InChI=1S/C23H14N2O3/c26-21(16-8-9-17-19(12-16)23(28)25-22(17)27)24-20-7-3-6-15-10-13-4-1-2-5-14(13)11-18(15)20/h1-12H,(H,24,26)(H,25,27,28). The van der Waals surface area contributed by atoms with Gasteiger partial charge >= 0.3 is 0 Å². The minimum atomic E-state index is -0.480. The summed E-state index contributed by atoms with van der Waals surface area (Å²) in [7, 11) is 0. The van der Waals surface area contributed by atoms with Gasteiger partial charge in [-0.1, -0.05) is 36.4 Å². The van der Waals surface area contributed by atoms with Gasteiger partial charge in [0.25, 0.3) is 17.7 Å². The van der Waals surface area contributed by atoms with E-state index in [0.717, 1.165) is 21.5 Å². The van der Waals surface area contributed by atoms with E-state index in [1.54, 1.807) is 6.07 Å². The zero-order chi connectivity index (χ0) is 19.3. The Morgan fingerprint density at radius 3 is 2.25 bits per heavy atom. The summed E-state index contributed by atoms with van der Waals surface area (Å²) in [5, 5.41) is 9.33. The number of imide groups is 1. The van der Waals surface area contributed by atoms with Crippen LogP contribution in [-0.4, -0.2) is 17.7 Å². The fourth-order valence-electron chi connectivity index (χ4n) is 3.58. The summed E-state index contributed by atoms with van der Waals surface area (Å²) in [5.74, 6) is -1.25. The summed E-state index contributed by atoms with van der Waals surface area (Å²) in [6.07, 6.45) is 0. The molecular weight excluding hydrogens is 352 g/mol. The van der Waals surface area contributed by atoms with Crippen molar-refractivity contribution < 1.29 is 14.4 Å². The smallest absolute Gasteiger partial charge is 0.258 e. The number of fused-ring (bicyclic) bond motifs is 3. The van der Waals surface area contributed by atoms with E-state index in [1.165, 1.54) is 12.1 Å². The third-order valence-electron chi connectivity index (χ3n) is 4.99. The van der Waals surface area contributed by atoms with Gasteiger partial charge in [0.15, 0.2) is 0 Å². The van der Waals surface area contributed by atoms with Gasteiger partial charge in [0, 0.05) is 16.6 Å². The van der Waals surface area contributed by atoms with Crippen molar-refractivity contribution in [1.82, 2.24) is 5.32 Å². The molecule has 4 aromatic carbocycles. The molecule has 0 aromatic heterocycles. The predicted molar refractivity (Wildman–Crippen MR) is 108 cm³/mol. The average Bonchev–Trinajstić information content (AvgIpc) is 3.00. The molecule has 0 spiro atoms. The van der Waals surface area contributed by atoms with Crippen LogP contribution in [0.5, 0.6) is 0 Å². The van der Waals surface area contributed by atoms with Crippen LogP contribution in [0.15, 0.2) is 72.8 Å². The minimum absolute atomic E-state index is 0.224. The van der Waals surface area contributed by atoms with E-state index in [9.17, 15) is 14.4 Å². The van der Waals surface area contributed by atoms with E-state index in [2.05, 4.69) is 28.8 Å². The molecule has 5 rings (SSSR count). The van der Waals surface area contributed by atoms with Crippen LogP contribution in [-0.2, 0) is 0 Å². The van der Waals surface area contributed by atoms with Crippen molar-refractivity contribution in [2.24, 2.45) is 0 Å². The van der Waals surface area contributed by atoms with Crippen LogP contribution >= 0.6 is 0 Å². The highest BCUT2D eigenvalue weighted by atomic mass is 16.2. The number of amides is 3. The highest BCUT2D eigenvalue weighted by molar-refractivity contribution is 6.22. The number of carbonyl (C=O) groups is 3. The summed E-state index contributed by atoms with van der Waals surface area (Å²) in [6, 6.07) is 22.4. The molecule has 0 fully saturated rings. The number of anilines is 1. The monoisotopic (exact) mass is 366 g/mol. The first kappa shape index (κ1) is 16.2. The van der Waals surface area contributed by atoms with Crippen molar-refractivity contribution in [1.29, 1.82) is 0 Å². The molecule has 1 aliphatic rings. The molecule has 28 heavy (non-hydrogen) atoms. The fraction of sp³-hybridized carbons (Fsp3) is 0. The first-order valence-corrected chi connectivity index (χ1v) is 8.83. The first-order valence-electron chi connectivity index (χ1n) is 8.83. The van der Waals surface area contributed by atoms with Crippen LogP contribution in [0.2, 0.25) is 0 Å². The van der Waals surface area contributed by atoms with Gasteiger partial charge in [-0.15, -0.1) is 0 Å². The number of hydrogen-bond acceptors (Lipinski definition) is 3. The Balaban J connectivity index is 1.54. The normalized spacial score (nSPS) is 12.9. The molecule has 3 amide bonds. The molecule has 1 aliphatic heterocycles. The van der Waals surface area contributed by atoms with Crippen LogP contribution in [0.25, 0.3) is 21.5 Å². The lowest BCUT2D eigenvalue weighted by Crippen LogP contribution is -2.19. The van der Waals surface area contributed by atoms with Gasteiger partial charge in [0.05, 0.1) is 11.1 Å². The van der Waals surface area contributed by atoms with Gasteiger partial charge in [0.2, 0.25) is 0 Å². The SMILES string of the molecule is O=C(Nc1cccc2cc3ccccc3cc12)c1ccc2c(c1)C(=O)NC2=O. The largest absolute Gasteiger partial charge is 0.321 e. The molecule has 0 unspecified atom stereocenters. The molecular formula is C23H14N2O3. The second kappa shape index (κ2) is 6.03. The predicted octanol–water partition coefficient (Wildman–Crippen LogP) is 4.13. The molecule has 2 N–H and O–H groups in total. The van der Waals surface area contributed by atoms with Crippen molar-refractivity contribution >= 4 is 45.0 Å². The number of hydrogen-bond donors (Lipinski definition) is 2. The molecule has 5 nitrogen and oxygen atoms in total. The summed E-state index contributed by atoms with van der Waals surface area (Å²) in [5.41, 5.74) is 1.52. The van der Waals surface area contributed by atoms with Crippen LogP contribution in [0.4, 0.5) is 5.69 Å². The van der Waals surface area contributed by atoms with E-state index >= 15 is 0 Å². The molecule has 0 radical (unpaired) electrons. The molecule has 0 atom stereocenters. The van der Waals surface area contributed by atoms with Crippen molar-refractivity contribution in [2.45, 2.75) is 0 Å². The highest BCUT2D eigenvalue weighted by Gasteiger charge is 2.27. The number of carbonyl (C=O) groups excluding carboxylic acids is 3. The summed E-state index contributed by atoms with van der Waals surface area (Å²) < 4.78 is 0. The average molecular weight is 366 g/mol. The quantitative estimate of drug-likeness (QED) is 0.414. The Bertz CT molecular complexity index is 1320. The lowest BCUT2D eigenvalue weighted by molar-refractivity contribution is 0.0879. The van der Waals surface area contributed by atoms with E-state index in [1.807, 2.05) is 36.4 Å². The minimum Gasteiger partial charge on any atom is -0.321 e.